The van der Waals surface area contributed by atoms with Gasteiger partial charge in [0.25, 0.3) is 0 Å². The summed E-state index contributed by atoms with van der Waals surface area (Å²) in [6, 6.07) is 0. The molecule has 108 valence electrons. The van der Waals surface area contributed by atoms with Gasteiger partial charge in [0.15, 0.2) is 0 Å². The molecule has 0 aliphatic carbocycles. The molecule has 1 rings (SSSR count). The third-order valence-electron chi connectivity index (χ3n) is 2.66. The maximum atomic E-state index is 11.8. The normalized spacial score (nSPS) is 37.8. The SMILES string of the molecule is COP(=O)(N[C@H]1O[C@@H](CO)[C@@H](O)[C@@H](O)[C@H]1O)OC. The van der Waals surface area contributed by atoms with Crippen LogP contribution in [0.3, 0.4) is 0 Å². The number of rotatable bonds is 5. The fourth-order valence-corrected chi connectivity index (χ4v) is 2.43. The Bertz CT molecular complexity index is 305. The van der Waals surface area contributed by atoms with Gasteiger partial charge in [0.1, 0.15) is 30.6 Å². The highest BCUT2D eigenvalue weighted by molar-refractivity contribution is 7.51. The first-order chi connectivity index (χ1) is 8.38. The molecule has 0 saturated carbocycles. The Hall–Kier alpha value is -0.0900. The predicted molar refractivity (Wildman–Crippen MR) is 58.5 cm³/mol. The molecule has 0 aromatic rings. The standard InChI is InChI=1S/C8H18NO8P/c1-15-18(14,16-2)9-8-7(13)6(12)5(11)4(3-10)17-8/h4-8,10-13H,3H2,1-2H3,(H,9,14)/t4-,5+,6+,7+,8-/m0/s1. The van der Waals surface area contributed by atoms with Gasteiger partial charge in [-0.15, -0.1) is 0 Å². The van der Waals surface area contributed by atoms with Crippen molar-refractivity contribution in [3.63, 3.8) is 0 Å². The van der Waals surface area contributed by atoms with Crippen LogP contribution in [0, 0.1) is 0 Å². The maximum absolute atomic E-state index is 11.8. The minimum atomic E-state index is -3.68. The van der Waals surface area contributed by atoms with Gasteiger partial charge in [-0.1, -0.05) is 0 Å². The lowest BCUT2D eigenvalue weighted by Crippen LogP contribution is -2.61. The fraction of sp³-hybridized carbons (Fsp3) is 1.00. The van der Waals surface area contributed by atoms with Gasteiger partial charge in [0.2, 0.25) is 0 Å². The monoisotopic (exact) mass is 287 g/mol. The molecule has 5 N–H and O–H groups in total. The summed E-state index contributed by atoms with van der Waals surface area (Å²) in [4.78, 5) is 0. The molecular weight excluding hydrogens is 269 g/mol. The summed E-state index contributed by atoms with van der Waals surface area (Å²) in [6.07, 6.45) is -7.00. The summed E-state index contributed by atoms with van der Waals surface area (Å²) in [7, 11) is -1.43. The average molecular weight is 287 g/mol. The van der Waals surface area contributed by atoms with Crippen LogP contribution in [-0.2, 0) is 18.3 Å². The first kappa shape index (κ1) is 16.0. The molecule has 1 aliphatic rings. The van der Waals surface area contributed by atoms with Crippen LogP contribution in [0.15, 0.2) is 0 Å². The second-order valence-electron chi connectivity index (χ2n) is 3.74. The lowest BCUT2D eigenvalue weighted by atomic mass is 9.99. The Morgan fingerprint density at radius 1 is 1.17 bits per heavy atom. The molecule has 0 unspecified atom stereocenters. The van der Waals surface area contributed by atoms with E-state index in [-0.39, 0.29) is 0 Å². The van der Waals surface area contributed by atoms with E-state index in [1.165, 1.54) is 0 Å². The molecule has 0 radical (unpaired) electrons. The van der Waals surface area contributed by atoms with Crippen LogP contribution in [0.1, 0.15) is 0 Å². The zero-order valence-corrected chi connectivity index (χ0v) is 10.9. The van der Waals surface area contributed by atoms with Crippen LogP contribution in [0.2, 0.25) is 0 Å². The summed E-state index contributed by atoms with van der Waals surface area (Å²) in [5, 5.41) is 39.9. The number of hydrogen-bond donors (Lipinski definition) is 5. The predicted octanol–water partition coefficient (Wildman–Crippen LogP) is -2.22. The third kappa shape index (κ3) is 3.27. The molecule has 1 aliphatic heterocycles. The van der Waals surface area contributed by atoms with Crippen molar-refractivity contribution in [2.45, 2.75) is 30.6 Å². The number of hydrogen-bond acceptors (Lipinski definition) is 8. The molecule has 0 bridgehead atoms. The molecule has 1 heterocycles. The number of aliphatic hydroxyl groups is 4. The lowest BCUT2D eigenvalue weighted by Gasteiger charge is -2.40. The van der Waals surface area contributed by atoms with Crippen LogP contribution in [-0.4, -0.2) is 71.9 Å². The highest BCUT2D eigenvalue weighted by Crippen LogP contribution is 2.43. The quantitative estimate of drug-likeness (QED) is 0.356. The molecule has 18 heavy (non-hydrogen) atoms. The van der Waals surface area contributed by atoms with Crippen molar-refractivity contribution in [2.75, 3.05) is 20.8 Å². The topological polar surface area (TPSA) is 138 Å². The van der Waals surface area contributed by atoms with E-state index in [4.69, 9.17) is 9.84 Å². The van der Waals surface area contributed by atoms with Gasteiger partial charge >= 0.3 is 7.75 Å². The van der Waals surface area contributed by atoms with Gasteiger partial charge in [-0.05, 0) is 0 Å². The van der Waals surface area contributed by atoms with Gasteiger partial charge < -0.3 is 34.2 Å². The van der Waals surface area contributed by atoms with E-state index >= 15 is 0 Å². The summed E-state index contributed by atoms with van der Waals surface area (Å²) in [6.45, 7) is -0.576. The first-order valence-electron chi connectivity index (χ1n) is 5.18. The Kier molecular flexibility index (Phi) is 5.66. The van der Waals surface area contributed by atoms with E-state index in [2.05, 4.69) is 14.1 Å². The minimum Gasteiger partial charge on any atom is -0.394 e. The molecule has 10 heteroatoms. The molecule has 0 aromatic carbocycles. The highest BCUT2D eigenvalue weighted by atomic mass is 31.2. The van der Waals surface area contributed by atoms with Crippen LogP contribution < -0.4 is 5.09 Å². The Balaban J connectivity index is 2.79. The zero-order valence-electron chi connectivity index (χ0n) is 9.96. The number of nitrogens with one attached hydrogen (secondary N) is 1. The van der Waals surface area contributed by atoms with Gasteiger partial charge in [-0.2, -0.15) is 5.09 Å². The third-order valence-corrected chi connectivity index (χ3v) is 4.19. The van der Waals surface area contributed by atoms with Crippen molar-refractivity contribution in [1.82, 2.24) is 5.09 Å². The van der Waals surface area contributed by atoms with Crippen molar-refractivity contribution in [1.29, 1.82) is 0 Å². The van der Waals surface area contributed by atoms with Crippen molar-refractivity contribution in [2.24, 2.45) is 0 Å². The Morgan fingerprint density at radius 3 is 2.17 bits per heavy atom. The fourth-order valence-electron chi connectivity index (χ4n) is 1.54. The van der Waals surface area contributed by atoms with Crippen LogP contribution in [0.4, 0.5) is 0 Å². The van der Waals surface area contributed by atoms with Crippen molar-refractivity contribution in [3.8, 4) is 0 Å². The van der Waals surface area contributed by atoms with Crippen molar-refractivity contribution < 1.29 is 38.8 Å². The van der Waals surface area contributed by atoms with E-state index in [0.717, 1.165) is 14.2 Å². The van der Waals surface area contributed by atoms with Crippen molar-refractivity contribution >= 4 is 7.75 Å². The number of aliphatic hydroxyl groups excluding tert-OH is 4. The Morgan fingerprint density at radius 2 is 1.72 bits per heavy atom. The molecule has 1 saturated heterocycles. The molecule has 0 spiro atoms. The van der Waals surface area contributed by atoms with E-state index in [1.54, 1.807) is 0 Å². The van der Waals surface area contributed by atoms with E-state index in [9.17, 15) is 19.9 Å². The molecule has 5 atom stereocenters. The van der Waals surface area contributed by atoms with Crippen LogP contribution >= 0.6 is 7.75 Å². The average Bonchev–Trinajstić information content (AvgIpc) is 2.39. The highest BCUT2D eigenvalue weighted by Gasteiger charge is 2.45. The summed E-state index contributed by atoms with van der Waals surface area (Å²) < 4.78 is 26.1. The van der Waals surface area contributed by atoms with Gasteiger partial charge in [0, 0.05) is 14.2 Å². The largest absolute Gasteiger partial charge is 0.407 e. The second-order valence-corrected chi connectivity index (χ2v) is 5.72. The molecule has 0 amide bonds. The van der Waals surface area contributed by atoms with E-state index < -0.39 is 45.0 Å². The van der Waals surface area contributed by atoms with E-state index in [0.29, 0.717) is 0 Å². The molecule has 9 nitrogen and oxygen atoms in total. The first-order valence-corrected chi connectivity index (χ1v) is 6.72. The lowest BCUT2D eigenvalue weighted by molar-refractivity contribution is -0.232. The smallest absolute Gasteiger partial charge is 0.394 e. The number of ether oxygens (including phenoxy) is 1. The van der Waals surface area contributed by atoms with Gasteiger partial charge in [-0.25, -0.2) is 4.57 Å². The van der Waals surface area contributed by atoms with Gasteiger partial charge in [-0.3, -0.25) is 0 Å². The summed E-state index contributed by atoms with van der Waals surface area (Å²) >= 11 is 0. The minimum absolute atomic E-state index is 0.576. The second kappa shape index (κ2) is 6.38. The molecular formula is C8H18NO8P. The van der Waals surface area contributed by atoms with Crippen LogP contribution in [0.25, 0.3) is 0 Å². The maximum Gasteiger partial charge on any atom is 0.407 e. The van der Waals surface area contributed by atoms with E-state index in [1.807, 2.05) is 0 Å². The zero-order chi connectivity index (χ0) is 13.9. The molecule has 0 aromatic heterocycles. The summed E-state index contributed by atoms with van der Waals surface area (Å²) in [5.74, 6) is 0. The molecule has 1 fully saturated rings. The van der Waals surface area contributed by atoms with Crippen molar-refractivity contribution in [3.05, 3.63) is 0 Å². The van der Waals surface area contributed by atoms with Gasteiger partial charge in [0.05, 0.1) is 6.61 Å². The summed E-state index contributed by atoms with van der Waals surface area (Å²) in [5.41, 5.74) is 0. The Labute approximate surface area is 104 Å². The van der Waals surface area contributed by atoms with Crippen LogP contribution in [0.5, 0.6) is 0 Å².